The normalized spacial score (nSPS) is 13.9. The molecule has 2 aromatic carbocycles. The zero-order valence-electron chi connectivity index (χ0n) is 16.9. The van der Waals surface area contributed by atoms with Crippen molar-refractivity contribution in [2.45, 2.75) is 46.0 Å². The molecule has 0 fully saturated rings. The van der Waals surface area contributed by atoms with Crippen LogP contribution in [0.5, 0.6) is 0 Å². The van der Waals surface area contributed by atoms with E-state index in [0.717, 1.165) is 12.8 Å². The van der Waals surface area contributed by atoms with Crippen LogP contribution in [0.25, 0.3) is 0 Å². The third kappa shape index (κ3) is 4.63. The van der Waals surface area contributed by atoms with Gasteiger partial charge in [-0.2, -0.15) is 0 Å². The molecule has 0 radical (unpaired) electrons. The Balaban J connectivity index is 0.00000243. The number of rotatable bonds is 4. The van der Waals surface area contributed by atoms with Crippen molar-refractivity contribution in [2.24, 2.45) is 5.41 Å². The van der Waals surface area contributed by atoms with Crippen LogP contribution in [0.3, 0.4) is 0 Å². The van der Waals surface area contributed by atoms with E-state index in [0.29, 0.717) is 0 Å². The van der Waals surface area contributed by atoms with Gasteiger partial charge in [-0.05, 0) is 0 Å². The molecule has 0 nitrogen and oxygen atoms in total. The van der Waals surface area contributed by atoms with E-state index in [1.54, 1.807) is 5.57 Å². The second-order valence-electron chi connectivity index (χ2n) is 7.87. The molecular formula is C24H27Cl3Ti. The monoisotopic (exact) mass is 468 g/mol. The zero-order valence-corrected chi connectivity index (χ0v) is 20.7. The van der Waals surface area contributed by atoms with Crippen LogP contribution in [0.15, 0.2) is 81.8 Å². The molecule has 0 N–H and O–H groups in total. The average Bonchev–Trinajstić information content (AvgIpc) is 2.97. The molecule has 0 aliphatic heterocycles. The summed E-state index contributed by atoms with van der Waals surface area (Å²) >= 11 is 2.32. The summed E-state index contributed by atoms with van der Waals surface area (Å²) < 4.78 is 1.49. The minimum Gasteiger partial charge on any atom is -1.00 e. The minimum atomic E-state index is -0.118. The van der Waals surface area contributed by atoms with Gasteiger partial charge in [0.1, 0.15) is 0 Å². The van der Waals surface area contributed by atoms with Crippen LogP contribution in [0.2, 0.25) is 0 Å². The number of hydrogen-bond donors (Lipinski definition) is 0. The fraction of sp³-hybridized carbons (Fsp3) is 0.333. The Morgan fingerprint density at radius 3 is 1.54 bits per heavy atom. The van der Waals surface area contributed by atoms with Gasteiger partial charge >= 0.3 is 165 Å². The maximum atomic E-state index is 2.44. The van der Waals surface area contributed by atoms with Crippen molar-refractivity contribution in [3.63, 3.8) is 0 Å². The molecule has 0 amide bonds. The standard InChI is InChI=1S/C24H27.3ClH.Ti/c1-5-19-16-17-22(18-19)24(23(2,3)4,20-12-8-6-9-13-20)21-14-10-7-11-15-21;;;;/h6-16H,5,17H2,1-4H3;3*1H;/q;;;;+3/p-3. The Morgan fingerprint density at radius 1 is 0.786 bits per heavy atom. The third-order valence-corrected chi connectivity index (χ3v) is 6.52. The molecule has 0 heterocycles. The van der Waals surface area contributed by atoms with E-state index >= 15 is 0 Å². The van der Waals surface area contributed by atoms with Crippen LogP contribution in [-0.4, -0.2) is 0 Å². The smallest absolute Gasteiger partial charge is 1.00 e. The Morgan fingerprint density at radius 2 is 1.21 bits per heavy atom. The molecule has 148 valence electrons. The summed E-state index contributed by atoms with van der Waals surface area (Å²) in [5.41, 5.74) is 5.81. The van der Waals surface area contributed by atoms with Gasteiger partial charge in [-0.15, -0.1) is 0 Å². The van der Waals surface area contributed by atoms with Gasteiger partial charge in [-0.1, -0.05) is 0 Å². The second kappa shape index (κ2) is 11.0. The Labute approximate surface area is 200 Å². The maximum Gasteiger partial charge on any atom is -1.00 e. The first-order chi connectivity index (χ1) is 11.9. The van der Waals surface area contributed by atoms with E-state index in [9.17, 15) is 0 Å². The summed E-state index contributed by atoms with van der Waals surface area (Å²) in [7, 11) is 0. The van der Waals surface area contributed by atoms with Gasteiger partial charge in [0.05, 0.1) is 0 Å². The quantitative estimate of drug-likeness (QED) is 0.437. The first kappa shape index (κ1) is 27.5. The topological polar surface area (TPSA) is 0 Å². The van der Waals surface area contributed by atoms with Crippen molar-refractivity contribution >= 4 is 0 Å². The van der Waals surface area contributed by atoms with Crippen LogP contribution >= 0.6 is 0 Å². The van der Waals surface area contributed by atoms with Gasteiger partial charge in [-0.3, -0.25) is 0 Å². The van der Waals surface area contributed by atoms with E-state index in [1.807, 2.05) is 0 Å². The molecule has 0 aromatic heterocycles. The van der Waals surface area contributed by atoms with Gasteiger partial charge in [0.2, 0.25) is 0 Å². The van der Waals surface area contributed by atoms with E-state index in [4.69, 9.17) is 0 Å². The van der Waals surface area contributed by atoms with E-state index < -0.39 is 0 Å². The Hall–Kier alpha value is -0.496. The molecule has 4 heteroatoms. The van der Waals surface area contributed by atoms with Gasteiger partial charge in [0, 0.05) is 0 Å². The summed E-state index contributed by atoms with van der Waals surface area (Å²) in [4.78, 5) is 0. The molecule has 0 unspecified atom stereocenters. The number of halogens is 3. The van der Waals surface area contributed by atoms with E-state index in [-0.39, 0.29) is 48.1 Å². The largest absolute Gasteiger partial charge is 1.00 e. The molecule has 28 heavy (non-hydrogen) atoms. The van der Waals surface area contributed by atoms with Crippen LogP contribution in [0, 0.1) is 5.41 Å². The summed E-state index contributed by atoms with van der Waals surface area (Å²) in [6.07, 6.45) is 4.60. The van der Waals surface area contributed by atoms with Crippen molar-refractivity contribution in [3.05, 3.63) is 92.9 Å². The van der Waals surface area contributed by atoms with Gasteiger partial charge in [0.25, 0.3) is 0 Å². The SMILES string of the molecule is CCC1=CCC(C(c2ccccc2)(c2ccccc2)C(C)(C)C)=[C]1[Ti+3].[Cl-].[Cl-].[Cl-]. The van der Waals surface area contributed by atoms with Crippen molar-refractivity contribution in [2.75, 3.05) is 0 Å². The molecule has 0 bridgehead atoms. The van der Waals surface area contributed by atoms with Gasteiger partial charge < -0.3 is 37.2 Å². The Bertz CT molecular complexity index is 763. The van der Waals surface area contributed by atoms with Crippen LogP contribution < -0.4 is 37.2 Å². The first-order valence-corrected chi connectivity index (χ1v) is 9.96. The third-order valence-electron chi connectivity index (χ3n) is 5.55. The van der Waals surface area contributed by atoms with E-state index in [2.05, 4.69) is 115 Å². The predicted molar refractivity (Wildman–Crippen MR) is 103 cm³/mol. The average molecular weight is 470 g/mol. The minimum absolute atomic E-state index is 0. The predicted octanol–water partition coefficient (Wildman–Crippen LogP) is -2.43. The Kier molecular flexibility index (Phi) is 10.9. The molecule has 1 aliphatic carbocycles. The van der Waals surface area contributed by atoms with Crippen molar-refractivity contribution in [1.29, 1.82) is 0 Å². The van der Waals surface area contributed by atoms with Crippen LogP contribution in [-0.2, 0) is 25.9 Å². The van der Waals surface area contributed by atoms with Gasteiger partial charge in [0.15, 0.2) is 0 Å². The molecule has 0 saturated carbocycles. The first-order valence-electron chi connectivity index (χ1n) is 9.18. The molecule has 2 aromatic rings. The van der Waals surface area contributed by atoms with Crippen LogP contribution in [0.1, 0.15) is 51.7 Å². The number of hydrogen-bond acceptors (Lipinski definition) is 0. The molecule has 0 atom stereocenters. The summed E-state index contributed by atoms with van der Waals surface area (Å²) in [6.45, 7) is 9.42. The number of allylic oxidation sites excluding steroid dienone is 4. The maximum absolute atomic E-state index is 2.44. The summed E-state index contributed by atoms with van der Waals surface area (Å²) in [6, 6.07) is 22.2. The van der Waals surface area contributed by atoms with E-state index in [1.165, 1.54) is 20.6 Å². The fourth-order valence-corrected chi connectivity index (χ4v) is 5.38. The number of benzene rings is 2. The molecule has 0 saturated heterocycles. The van der Waals surface area contributed by atoms with Crippen molar-refractivity contribution < 1.29 is 57.7 Å². The summed E-state index contributed by atoms with van der Waals surface area (Å²) in [5.74, 6) is 0. The van der Waals surface area contributed by atoms with Crippen molar-refractivity contribution in [1.82, 2.24) is 0 Å². The molecule has 3 rings (SSSR count). The molecule has 0 spiro atoms. The zero-order chi connectivity index (χ0) is 18.1. The van der Waals surface area contributed by atoms with Crippen LogP contribution in [0.4, 0.5) is 0 Å². The summed E-state index contributed by atoms with van der Waals surface area (Å²) in [5, 5.41) is 0. The van der Waals surface area contributed by atoms with Crippen molar-refractivity contribution in [3.8, 4) is 0 Å². The van der Waals surface area contributed by atoms with Gasteiger partial charge in [-0.25, -0.2) is 0 Å². The molecule has 1 aliphatic rings. The molecular weight excluding hydrogens is 442 g/mol. The second-order valence-corrected chi connectivity index (χ2v) is 8.65. The fourth-order valence-electron chi connectivity index (χ4n) is 4.50.